The molecular formula is C13H13NO3S2. The van der Waals surface area contributed by atoms with Gasteiger partial charge in [0, 0.05) is 11.3 Å². The molecule has 0 spiro atoms. The smallest absolute Gasteiger partial charge is 0.348 e. The molecule has 2 rings (SSSR count). The van der Waals surface area contributed by atoms with Crippen LogP contribution in [0.5, 0.6) is 0 Å². The first-order chi connectivity index (χ1) is 9.08. The Morgan fingerprint density at radius 2 is 2.16 bits per heavy atom. The maximum atomic E-state index is 11.8. The van der Waals surface area contributed by atoms with Crippen molar-refractivity contribution in [1.29, 1.82) is 0 Å². The number of anilines is 1. The summed E-state index contributed by atoms with van der Waals surface area (Å²) in [4.78, 5) is 24.2. The number of carbonyl (C=O) groups excluding carboxylic acids is 1. The lowest BCUT2D eigenvalue weighted by Gasteiger charge is -2.05. The van der Waals surface area contributed by atoms with Gasteiger partial charge in [-0.25, -0.2) is 4.79 Å². The van der Waals surface area contributed by atoms with E-state index in [0.717, 1.165) is 21.8 Å². The molecule has 0 saturated carbocycles. The second-order valence-corrected chi connectivity index (χ2v) is 5.97. The molecule has 0 fully saturated rings. The molecule has 0 atom stereocenters. The number of carboxylic acids is 1. The van der Waals surface area contributed by atoms with Crippen LogP contribution in [0.15, 0.2) is 22.9 Å². The fourth-order valence-electron chi connectivity index (χ4n) is 1.65. The van der Waals surface area contributed by atoms with E-state index < -0.39 is 5.97 Å². The van der Waals surface area contributed by atoms with Crippen LogP contribution in [-0.4, -0.2) is 17.0 Å². The van der Waals surface area contributed by atoms with E-state index in [0.29, 0.717) is 18.5 Å². The zero-order valence-electron chi connectivity index (χ0n) is 10.3. The summed E-state index contributed by atoms with van der Waals surface area (Å²) >= 11 is 2.74. The quantitative estimate of drug-likeness (QED) is 0.888. The Morgan fingerprint density at radius 1 is 1.37 bits per heavy atom. The molecule has 2 aromatic rings. The first-order valence-electron chi connectivity index (χ1n) is 5.71. The Balaban J connectivity index is 1.99. The van der Waals surface area contributed by atoms with E-state index in [4.69, 9.17) is 5.11 Å². The largest absolute Gasteiger partial charge is 0.477 e. The van der Waals surface area contributed by atoms with Crippen LogP contribution in [0.4, 0.5) is 5.69 Å². The van der Waals surface area contributed by atoms with Gasteiger partial charge >= 0.3 is 5.97 Å². The highest BCUT2D eigenvalue weighted by molar-refractivity contribution is 7.12. The predicted octanol–water partition coefficient (Wildman–Crippen LogP) is 3.39. The van der Waals surface area contributed by atoms with Crippen molar-refractivity contribution in [3.63, 3.8) is 0 Å². The van der Waals surface area contributed by atoms with E-state index in [1.54, 1.807) is 23.6 Å². The van der Waals surface area contributed by atoms with Gasteiger partial charge < -0.3 is 10.4 Å². The zero-order chi connectivity index (χ0) is 13.8. The van der Waals surface area contributed by atoms with Gasteiger partial charge in [-0.05, 0) is 35.7 Å². The van der Waals surface area contributed by atoms with Gasteiger partial charge in [0.2, 0.25) is 5.91 Å². The standard InChI is InChI=1S/C13H13NO3S2/c1-8-7-19-12(13(16)17)11(8)14-10(15)5-4-9-3-2-6-18-9/h2-3,6-7H,4-5H2,1H3,(H,14,15)(H,16,17). The molecule has 19 heavy (non-hydrogen) atoms. The third kappa shape index (κ3) is 3.42. The molecular weight excluding hydrogens is 282 g/mol. The molecule has 2 aromatic heterocycles. The van der Waals surface area contributed by atoms with E-state index in [1.807, 2.05) is 17.5 Å². The Labute approximate surface area is 118 Å². The maximum Gasteiger partial charge on any atom is 0.348 e. The van der Waals surface area contributed by atoms with Crippen molar-refractivity contribution in [2.45, 2.75) is 19.8 Å². The second kappa shape index (κ2) is 5.99. The molecule has 1 amide bonds. The van der Waals surface area contributed by atoms with Crippen LogP contribution in [0.25, 0.3) is 0 Å². The molecule has 0 aliphatic rings. The summed E-state index contributed by atoms with van der Waals surface area (Å²) < 4.78 is 0. The number of hydrogen-bond donors (Lipinski definition) is 2. The first-order valence-corrected chi connectivity index (χ1v) is 7.47. The van der Waals surface area contributed by atoms with Crippen molar-refractivity contribution in [2.75, 3.05) is 5.32 Å². The summed E-state index contributed by atoms with van der Waals surface area (Å²) in [5.41, 5.74) is 1.21. The van der Waals surface area contributed by atoms with E-state index >= 15 is 0 Å². The summed E-state index contributed by atoms with van der Waals surface area (Å²) in [6.45, 7) is 1.79. The minimum Gasteiger partial charge on any atom is -0.477 e. The van der Waals surface area contributed by atoms with E-state index in [-0.39, 0.29) is 10.8 Å². The molecule has 100 valence electrons. The van der Waals surface area contributed by atoms with E-state index in [9.17, 15) is 9.59 Å². The fourth-order valence-corrected chi connectivity index (χ4v) is 3.20. The first kappa shape index (κ1) is 13.8. The Hall–Kier alpha value is -1.66. The number of aromatic carboxylic acids is 1. The lowest BCUT2D eigenvalue weighted by atomic mass is 10.2. The van der Waals surface area contributed by atoms with Crippen molar-refractivity contribution >= 4 is 40.2 Å². The normalized spacial score (nSPS) is 10.4. The van der Waals surface area contributed by atoms with Gasteiger partial charge in [0.25, 0.3) is 0 Å². The summed E-state index contributed by atoms with van der Waals surface area (Å²) in [6.07, 6.45) is 1.03. The molecule has 0 radical (unpaired) electrons. The van der Waals surface area contributed by atoms with Crippen LogP contribution < -0.4 is 5.32 Å². The molecule has 2 N–H and O–H groups in total. The third-order valence-corrected chi connectivity index (χ3v) is 4.63. The topological polar surface area (TPSA) is 66.4 Å². The number of hydrogen-bond acceptors (Lipinski definition) is 4. The van der Waals surface area contributed by atoms with Crippen LogP contribution >= 0.6 is 22.7 Å². The second-order valence-electron chi connectivity index (χ2n) is 4.06. The molecule has 6 heteroatoms. The maximum absolute atomic E-state index is 11.8. The molecule has 0 aliphatic heterocycles. The number of rotatable bonds is 5. The monoisotopic (exact) mass is 295 g/mol. The molecule has 4 nitrogen and oxygen atoms in total. The van der Waals surface area contributed by atoms with E-state index in [2.05, 4.69) is 5.32 Å². The Morgan fingerprint density at radius 3 is 2.79 bits per heavy atom. The SMILES string of the molecule is Cc1csc(C(=O)O)c1NC(=O)CCc1cccs1. The summed E-state index contributed by atoms with van der Waals surface area (Å²) in [5, 5.41) is 15.4. The van der Waals surface area contributed by atoms with Crippen molar-refractivity contribution in [3.8, 4) is 0 Å². The molecule has 0 bridgehead atoms. The van der Waals surface area contributed by atoms with Crippen molar-refractivity contribution < 1.29 is 14.7 Å². The summed E-state index contributed by atoms with van der Waals surface area (Å²) in [6, 6.07) is 3.93. The van der Waals surface area contributed by atoms with Crippen molar-refractivity contribution in [2.24, 2.45) is 0 Å². The van der Waals surface area contributed by atoms with Gasteiger partial charge in [-0.3, -0.25) is 4.79 Å². The summed E-state index contributed by atoms with van der Waals surface area (Å²) in [7, 11) is 0. The van der Waals surface area contributed by atoms with Gasteiger partial charge in [-0.15, -0.1) is 22.7 Å². The highest BCUT2D eigenvalue weighted by atomic mass is 32.1. The predicted molar refractivity (Wildman–Crippen MR) is 77.3 cm³/mol. The van der Waals surface area contributed by atoms with Gasteiger partial charge in [0.1, 0.15) is 4.88 Å². The number of aryl methyl sites for hydroxylation is 2. The van der Waals surface area contributed by atoms with Gasteiger partial charge in [0.15, 0.2) is 0 Å². The van der Waals surface area contributed by atoms with Crippen molar-refractivity contribution in [1.82, 2.24) is 0 Å². The lowest BCUT2D eigenvalue weighted by Crippen LogP contribution is -2.14. The van der Waals surface area contributed by atoms with Gasteiger partial charge in [-0.1, -0.05) is 6.07 Å². The average molecular weight is 295 g/mol. The van der Waals surface area contributed by atoms with Gasteiger partial charge in [0.05, 0.1) is 5.69 Å². The zero-order valence-corrected chi connectivity index (χ0v) is 11.9. The fraction of sp³-hybridized carbons (Fsp3) is 0.231. The average Bonchev–Trinajstić information content (AvgIpc) is 2.98. The minimum absolute atomic E-state index is 0.155. The number of nitrogens with one attached hydrogen (secondary N) is 1. The van der Waals surface area contributed by atoms with Crippen LogP contribution in [-0.2, 0) is 11.2 Å². The Bertz CT molecular complexity index is 587. The lowest BCUT2D eigenvalue weighted by molar-refractivity contribution is -0.116. The molecule has 0 unspecified atom stereocenters. The highest BCUT2D eigenvalue weighted by Gasteiger charge is 2.17. The number of thiophene rings is 2. The van der Waals surface area contributed by atoms with Gasteiger partial charge in [-0.2, -0.15) is 0 Å². The van der Waals surface area contributed by atoms with Crippen LogP contribution in [0.2, 0.25) is 0 Å². The minimum atomic E-state index is -1.01. The van der Waals surface area contributed by atoms with E-state index in [1.165, 1.54) is 0 Å². The molecule has 0 aliphatic carbocycles. The number of carboxylic acid groups (broad SMARTS) is 1. The van der Waals surface area contributed by atoms with Crippen LogP contribution in [0, 0.1) is 6.92 Å². The third-order valence-electron chi connectivity index (χ3n) is 2.61. The number of carbonyl (C=O) groups is 2. The highest BCUT2D eigenvalue weighted by Crippen LogP contribution is 2.27. The molecule has 0 saturated heterocycles. The van der Waals surface area contributed by atoms with Crippen LogP contribution in [0.1, 0.15) is 26.5 Å². The number of amides is 1. The Kier molecular flexibility index (Phi) is 4.34. The summed E-state index contributed by atoms with van der Waals surface area (Å²) in [5.74, 6) is -1.16. The van der Waals surface area contributed by atoms with Crippen molar-refractivity contribution in [3.05, 3.63) is 38.2 Å². The molecule has 2 heterocycles. The van der Waals surface area contributed by atoms with Crippen LogP contribution in [0.3, 0.4) is 0 Å². The molecule has 0 aromatic carbocycles.